The maximum absolute atomic E-state index is 13.3. The summed E-state index contributed by atoms with van der Waals surface area (Å²) in [6.45, 7) is 8.23. The zero-order chi connectivity index (χ0) is 26.9. The average molecular weight is 495 g/mol. The minimum absolute atomic E-state index is 0.0168. The lowest BCUT2D eigenvalue weighted by Gasteiger charge is -2.29. The van der Waals surface area contributed by atoms with Gasteiger partial charge in [-0.05, 0) is 36.5 Å². The van der Waals surface area contributed by atoms with Crippen LogP contribution in [0.2, 0.25) is 0 Å². The Labute approximate surface area is 205 Å². The van der Waals surface area contributed by atoms with Crippen molar-refractivity contribution < 1.29 is 34.5 Å². The highest BCUT2D eigenvalue weighted by molar-refractivity contribution is 5.94. The molecule has 0 aromatic heterocycles. The van der Waals surface area contributed by atoms with Crippen LogP contribution < -0.4 is 21.7 Å². The molecule has 8 N–H and O–H groups in total. The molecule has 196 valence electrons. The molecule has 0 heterocycles. The first kappa shape index (κ1) is 29.9. The summed E-state index contributed by atoms with van der Waals surface area (Å²) in [5.41, 5.74) is 6.32. The molecule has 0 spiro atoms. The van der Waals surface area contributed by atoms with Gasteiger partial charge in [0.25, 0.3) is 0 Å². The van der Waals surface area contributed by atoms with Gasteiger partial charge in [0.15, 0.2) is 0 Å². The van der Waals surface area contributed by atoms with Crippen LogP contribution in [0.5, 0.6) is 5.75 Å². The van der Waals surface area contributed by atoms with E-state index in [1.807, 2.05) is 6.92 Å². The second-order valence-electron chi connectivity index (χ2n) is 9.14. The number of aromatic hydroxyl groups is 1. The Hall–Kier alpha value is -3.18. The number of phenols is 1. The minimum Gasteiger partial charge on any atom is -0.508 e. The largest absolute Gasteiger partial charge is 0.508 e. The van der Waals surface area contributed by atoms with Crippen molar-refractivity contribution in [1.29, 1.82) is 0 Å². The predicted octanol–water partition coefficient (Wildman–Crippen LogP) is -0.116. The second-order valence-corrected chi connectivity index (χ2v) is 9.14. The number of phenolic OH excluding ortho intramolecular Hbond substituents is 1. The molecule has 1 rings (SSSR count). The van der Waals surface area contributed by atoms with Crippen LogP contribution in [0.3, 0.4) is 0 Å². The van der Waals surface area contributed by atoms with Gasteiger partial charge >= 0.3 is 5.97 Å². The summed E-state index contributed by atoms with van der Waals surface area (Å²) in [6.07, 6.45) is -0.627. The molecule has 0 bridgehead atoms. The molecule has 0 radical (unpaired) electrons. The Balaban J connectivity index is 3.17. The van der Waals surface area contributed by atoms with E-state index in [-0.39, 0.29) is 24.0 Å². The first-order valence-corrected chi connectivity index (χ1v) is 11.6. The van der Waals surface area contributed by atoms with Gasteiger partial charge in [-0.3, -0.25) is 14.4 Å². The second kappa shape index (κ2) is 13.6. The van der Waals surface area contributed by atoms with Crippen molar-refractivity contribution in [3.8, 4) is 5.75 Å². The lowest BCUT2D eigenvalue weighted by atomic mass is 9.95. The first-order valence-electron chi connectivity index (χ1n) is 11.6. The first-order chi connectivity index (χ1) is 16.3. The number of hydrogen-bond acceptors (Lipinski definition) is 7. The molecule has 35 heavy (non-hydrogen) atoms. The molecule has 11 nitrogen and oxygen atoms in total. The fraction of sp³-hybridized carbons (Fsp3) is 0.583. The Morgan fingerprint density at radius 3 is 1.89 bits per heavy atom. The number of aliphatic hydroxyl groups is 1. The van der Waals surface area contributed by atoms with Crippen LogP contribution in [-0.4, -0.2) is 69.3 Å². The highest BCUT2D eigenvalue weighted by atomic mass is 16.4. The molecule has 0 saturated carbocycles. The number of aliphatic carboxylic acids is 1. The topological polar surface area (TPSA) is 191 Å². The van der Waals surface area contributed by atoms with Gasteiger partial charge in [0.2, 0.25) is 17.7 Å². The monoisotopic (exact) mass is 494 g/mol. The van der Waals surface area contributed by atoms with Crippen LogP contribution in [0.1, 0.15) is 46.6 Å². The van der Waals surface area contributed by atoms with E-state index >= 15 is 0 Å². The molecular weight excluding hydrogens is 456 g/mol. The normalized spacial score (nSPS) is 16.3. The molecule has 1 aromatic rings. The number of nitrogens with two attached hydrogens (primary N) is 1. The summed E-state index contributed by atoms with van der Waals surface area (Å²) in [5.74, 6) is -3.97. The zero-order valence-corrected chi connectivity index (χ0v) is 20.8. The molecule has 6 unspecified atom stereocenters. The molecule has 0 saturated heterocycles. The highest BCUT2D eigenvalue weighted by Crippen LogP contribution is 2.14. The molecule has 0 aliphatic heterocycles. The zero-order valence-electron chi connectivity index (χ0n) is 20.8. The van der Waals surface area contributed by atoms with E-state index in [0.717, 1.165) is 0 Å². The summed E-state index contributed by atoms with van der Waals surface area (Å²) in [4.78, 5) is 50.3. The van der Waals surface area contributed by atoms with Crippen molar-refractivity contribution >= 4 is 23.7 Å². The van der Waals surface area contributed by atoms with Crippen LogP contribution >= 0.6 is 0 Å². The Morgan fingerprint density at radius 1 is 0.886 bits per heavy atom. The average Bonchev–Trinajstić information content (AvgIpc) is 2.79. The van der Waals surface area contributed by atoms with Gasteiger partial charge in [0.1, 0.15) is 29.9 Å². The molecule has 0 aliphatic rings. The van der Waals surface area contributed by atoms with Crippen LogP contribution in [0, 0.1) is 11.8 Å². The SMILES string of the molecule is CCC(C)C(NC(=O)C(Cc1ccc(O)cc1)NC(=O)C(N)C(C)O)C(=O)NC(C(=O)O)C(C)C. The number of hydrogen-bond donors (Lipinski definition) is 7. The Bertz CT molecular complexity index is 873. The van der Waals surface area contributed by atoms with Crippen molar-refractivity contribution in [1.82, 2.24) is 16.0 Å². The van der Waals surface area contributed by atoms with Crippen molar-refractivity contribution in [2.45, 2.75) is 77.7 Å². The van der Waals surface area contributed by atoms with Gasteiger partial charge in [0.05, 0.1) is 6.10 Å². The van der Waals surface area contributed by atoms with E-state index in [9.17, 15) is 34.5 Å². The Morgan fingerprint density at radius 2 is 1.43 bits per heavy atom. The van der Waals surface area contributed by atoms with Gasteiger partial charge in [0, 0.05) is 6.42 Å². The number of carboxylic acids is 1. The molecule has 0 aliphatic carbocycles. The van der Waals surface area contributed by atoms with Crippen LogP contribution in [-0.2, 0) is 25.6 Å². The number of nitrogens with one attached hydrogen (secondary N) is 3. The number of carboxylic acid groups (broad SMARTS) is 1. The van der Waals surface area contributed by atoms with E-state index in [1.165, 1.54) is 19.1 Å². The lowest BCUT2D eigenvalue weighted by molar-refractivity contribution is -0.144. The Kier molecular flexibility index (Phi) is 11.6. The van der Waals surface area contributed by atoms with Crippen molar-refractivity contribution in [3.63, 3.8) is 0 Å². The smallest absolute Gasteiger partial charge is 0.326 e. The predicted molar refractivity (Wildman–Crippen MR) is 129 cm³/mol. The van der Waals surface area contributed by atoms with Crippen LogP contribution in [0.4, 0.5) is 0 Å². The summed E-state index contributed by atoms with van der Waals surface area (Å²) < 4.78 is 0. The van der Waals surface area contributed by atoms with Crippen molar-refractivity contribution in [2.75, 3.05) is 0 Å². The van der Waals surface area contributed by atoms with Gasteiger partial charge < -0.3 is 37.0 Å². The standard InChI is InChI=1S/C24H38N4O7/c1-6-13(4)20(23(33)27-19(12(2)3)24(34)35)28-21(31)17(26-22(32)18(25)14(5)29)11-15-7-9-16(30)10-8-15/h7-10,12-14,17-20,29-30H,6,11,25H2,1-5H3,(H,26,32)(H,27,33)(H,28,31)(H,34,35). The van der Waals surface area contributed by atoms with Crippen LogP contribution in [0.25, 0.3) is 0 Å². The summed E-state index contributed by atoms with van der Waals surface area (Å²) in [5, 5.41) is 36.2. The third-order valence-electron chi connectivity index (χ3n) is 5.86. The lowest BCUT2D eigenvalue weighted by Crippen LogP contribution is -2.60. The van der Waals surface area contributed by atoms with Crippen molar-refractivity contribution in [2.24, 2.45) is 17.6 Å². The fourth-order valence-electron chi connectivity index (χ4n) is 3.28. The van der Waals surface area contributed by atoms with E-state index < -0.39 is 54.0 Å². The molecular formula is C24H38N4O7. The van der Waals surface area contributed by atoms with Crippen LogP contribution in [0.15, 0.2) is 24.3 Å². The summed E-state index contributed by atoms with van der Waals surface area (Å²) >= 11 is 0. The van der Waals surface area contributed by atoms with E-state index in [4.69, 9.17) is 5.73 Å². The molecule has 0 fully saturated rings. The van der Waals surface area contributed by atoms with Gasteiger partial charge in [-0.25, -0.2) is 4.79 Å². The molecule has 11 heteroatoms. The maximum atomic E-state index is 13.3. The number of rotatable bonds is 13. The van der Waals surface area contributed by atoms with Gasteiger partial charge in [-0.2, -0.15) is 0 Å². The molecule has 1 aromatic carbocycles. The number of aliphatic hydroxyl groups excluding tert-OH is 1. The van der Waals surface area contributed by atoms with E-state index in [2.05, 4.69) is 16.0 Å². The number of carbonyl (C=O) groups excluding carboxylic acids is 3. The molecule has 6 atom stereocenters. The van der Waals surface area contributed by atoms with Gasteiger partial charge in [-0.1, -0.05) is 46.2 Å². The highest BCUT2D eigenvalue weighted by Gasteiger charge is 2.34. The van der Waals surface area contributed by atoms with Crippen molar-refractivity contribution in [3.05, 3.63) is 29.8 Å². The number of amides is 3. The third-order valence-corrected chi connectivity index (χ3v) is 5.86. The minimum atomic E-state index is -1.28. The fourth-order valence-corrected chi connectivity index (χ4v) is 3.28. The number of carbonyl (C=O) groups is 4. The third kappa shape index (κ3) is 9.18. The van der Waals surface area contributed by atoms with E-state index in [1.54, 1.807) is 32.9 Å². The van der Waals surface area contributed by atoms with E-state index in [0.29, 0.717) is 12.0 Å². The quantitative estimate of drug-likeness (QED) is 0.197. The maximum Gasteiger partial charge on any atom is 0.326 e. The number of benzene rings is 1. The van der Waals surface area contributed by atoms with Gasteiger partial charge in [-0.15, -0.1) is 0 Å². The summed E-state index contributed by atoms with van der Waals surface area (Å²) in [6, 6.07) is 1.39. The molecule has 3 amide bonds. The summed E-state index contributed by atoms with van der Waals surface area (Å²) in [7, 11) is 0.